The zero-order valence-corrected chi connectivity index (χ0v) is 16.5. The lowest BCUT2D eigenvalue weighted by Crippen LogP contribution is -2.47. The van der Waals surface area contributed by atoms with Gasteiger partial charge in [0.25, 0.3) is 0 Å². The van der Waals surface area contributed by atoms with Gasteiger partial charge in [0.2, 0.25) is 0 Å². The fraction of sp³-hybridized carbons (Fsp3) is 0.778. The third-order valence-corrected chi connectivity index (χ3v) is 5.43. The van der Waals surface area contributed by atoms with Gasteiger partial charge in [-0.15, -0.1) is 11.3 Å². The number of ether oxygens (including phenoxy) is 1. The van der Waals surface area contributed by atoms with Crippen molar-refractivity contribution in [3.63, 3.8) is 0 Å². The maximum Gasteiger partial charge on any atom is 0.191 e. The summed E-state index contributed by atoms with van der Waals surface area (Å²) in [5.74, 6) is 1.35. The second kappa shape index (κ2) is 8.81. The first-order chi connectivity index (χ1) is 11.4. The average Bonchev–Trinajstić information content (AvgIpc) is 3.02. The molecule has 1 aliphatic rings. The van der Waals surface area contributed by atoms with Crippen LogP contribution in [0, 0.1) is 11.3 Å². The van der Waals surface area contributed by atoms with Crippen LogP contribution < -0.4 is 10.6 Å². The van der Waals surface area contributed by atoms with Crippen molar-refractivity contribution >= 4 is 17.3 Å². The second-order valence-electron chi connectivity index (χ2n) is 7.45. The molecule has 1 aromatic rings. The molecule has 0 bridgehead atoms. The maximum absolute atomic E-state index is 6.06. The molecule has 0 spiro atoms. The second-order valence-corrected chi connectivity index (χ2v) is 8.40. The van der Waals surface area contributed by atoms with Crippen LogP contribution in [0.5, 0.6) is 0 Å². The molecule has 24 heavy (non-hydrogen) atoms. The van der Waals surface area contributed by atoms with E-state index in [2.05, 4.69) is 53.7 Å². The lowest BCUT2D eigenvalue weighted by atomic mass is 9.78. The van der Waals surface area contributed by atoms with E-state index < -0.39 is 0 Å². The van der Waals surface area contributed by atoms with E-state index in [0.29, 0.717) is 18.6 Å². The Hall–Kier alpha value is -1.14. The molecule has 0 radical (unpaired) electrons. The van der Waals surface area contributed by atoms with Crippen molar-refractivity contribution in [3.8, 4) is 0 Å². The molecule has 6 heteroatoms. The number of aryl methyl sites for hydroxylation is 1. The quantitative estimate of drug-likeness (QED) is 0.631. The molecule has 1 saturated heterocycles. The molecule has 0 saturated carbocycles. The minimum atomic E-state index is 0.168. The Balaban J connectivity index is 1.83. The van der Waals surface area contributed by atoms with Crippen LogP contribution in [0.4, 0.5) is 0 Å². The topological polar surface area (TPSA) is 58.5 Å². The highest BCUT2D eigenvalue weighted by atomic mass is 32.1. The van der Waals surface area contributed by atoms with E-state index >= 15 is 0 Å². The summed E-state index contributed by atoms with van der Waals surface area (Å²) in [7, 11) is 1.81. The van der Waals surface area contributed by atoms with Crippen LogP contribution in [0.15, 0.2) is 10.4 Å². The monoisotopic (exact) mass is 352 g/mol. The fourth-order valence-electron chi connectivity index (χ4n) is 3.22. The summed E-state index contributed by atoms with van der Waals surface area (Å²) in [5, 5.41) is 10.1. The van der Waals surface area contributed by atoms with Crippen LogP contribution >= 0.6 is 11.3 Å². The van der Waals surface area contributed by atoms with Crippen molar-refractivity contribution in [2.75, 3.05) is 20.2 Å². The van der Waals surface area contributed by atoms with Gasteiger partial charge in [-0.1, -0.05) is 27.7 Å². The number of nitrogens with one attached hydrogen (secondary N) is 2. The van der Waals surface area contributed by atoms with Crippen molar-refractivity contribution in [1.29, 1.82) is 0 Å². The number of thiazole rings is 1. The molecule has 1 fully saturated rings. The van der Waals surface area contributed by atoms with Crippen LogP contribution in [0.2, 0.25) is 0 Å². The predicted octanol–water partition coefficient (Wildman–Crippen LogP) is 3.21. The van der Waals surface area contributed by atoms with Crippen molar-refractivity contribution in [2.45, 2.75) is 59.6 Å². The summed E-state index contributed by atoms with van der Waals surface area (Å²) in [6.45, 7) is 11.4. The number of hydrogen-bond donors (Lipinski definition) is 2. The molecule has 1 aromatic heterocycles. The standard InChI is InChI=1S/C18H32N4OS/c1-6-15-22-14(12-24-15)11-21-17(19-5)20-10-13-8-7-9-23-16(13)18(2,3)4/h12-13,16H,6-11H2,1-5H3,(H2,19,20,21). The molecule has 2 atom stereocenters. The van der Waals surface area contributed by atoms with Crippen LogP contribution in [0.1, 0.15) is 51.2 Å². The van der Waals surface area contributed by atoms with Gasteiger partial charge in [0, 0.05) is 31.5 Å². The summed E-state index contributed by atoms with van der Waals surface area (Å²) in [6, 6.07) is 0. The molecule has 2 heterocycles. The molecule has 2 N–H and O–H groups in total. The van der Waals surface area contributed by atoms with E-state index in [9.17, 15) is 0 Å². The Kier molecular flexibility index (Phi) is 7.04. The SMILES string of the molecule is CCc1nc(CNC(=NC)NCC2CCCOC2C(C)(C)C)cs1. The molecule has 0 aliphatic carbocycles. The third kappa shape index (κ3) is 5.45. The van der Waals surface area contributed by atoms with E-state index in [0.717, 1.165) is 37.6 Å². The number of aliphatic imine (C=N–C) groups is 1. The largest absolute Gasteiger partial charge is 0.377 e. The molecular weight excluding hydrogens is 320 g/mol. The van der Waals surface area contributed by atoms with Crippen molar-refractivity contribution in [1.82, 2.24) is 15.6 Å². The molecule has 5 nitrogen and oxygen atoms in total. The van der Waals surface area contributed by atoms with Gasteiger partial charge in [0.05, 0.1) is 23.4 Å². The van der Waals surface area contributed by atoms with E-state index in [-0.39, 0.29) is 5.41 Å². The minimum Gasteiger partial charge on any atom is -0.377 e. The molecule has 2 rings (SSSR count). The smallest absolute Gasteiger partial charge is 0.191 e. The van der Waals surface area contributed by atoms with E-state index in [1.165, 1.54) is 11.4 Å². The van der Waals surface area contributed by atoms with Crippen LogP contribution in [-0.2, 0) is 17.7 Å². The van der Waals surface area contributed by atoms with Gasteiger partial charge in [-0.3, -0.25) is 4.99 Å². The van der Waals surface area contributed by atoms with Crippen LogP contribution in [0.25, 0.3) is 0 Å². The first-order valence-corrected chi connectivity index (χ1v) is 9.81. The average molecular weight is 353 g/mol. The van der Waals surface area contributed by atoms with E-state index in [1.807, 2.05) is 7.05 Å². The van der Waals surface area contributed by atoms with Gasteiger partial charge in [-0.05, 0) is 24.7 Å². The van der Waals surface area contributed by atoms with Crippen molar-refractivity contribution < 1.29 is 4.74 Å². The Morgan fingerprint density at radius 2 is 2.21 bits per heavy atom. The molecular formula is C18H32N4OS. The van der Waals surface area contributed by atoms with E-state index in [1.54, 1.807) is 11.3 Å². The van der Waals surface area contributed by atoms with Gasteiger partial charge in [-0.2, -0.15) is 0 Å². The van der Waals surface area contributed by atoms with Crippen LogP contribution in [-0.4, -0.2) is 37.2 Å². The summed E-state index contributed by atoms with van der Waals surface area (Å²) in [6.07, 6.45) is 3.64. The number of guanidine groups is 1. The molecule has 0 aromatic carbocycles. The highest BCUT2D eigenvalue weighted by Gasteiger charge is 2.35. The van der Waals surface area contributed by atoms with E-state index in [4.69, 9.17) is 4.74 Å². The van der Waals surface area contributed by atoms with Gasteiger partial charge in [-0.25, -0.2) is 4.98 Å². The number of rotatable bonds is 5. The highest BCUT2D eigenvalue weighted by Crippen LogP contribution is 2.33. The molecule has 136 valence electrons. The number of hydrogen-bond acceptors (Lipinski definition) is 4. The highest BCUT2D eigenvalue weighted by molar-refractivity contribution is 7.09. The van der Waals surface area contributed by atoms with Gasteiger partial charge in [0.15, 0.2) is 5.96 Å². The molecule has 0 amide bonds. The van der Waals surface area contributed by atoms with Crippen molar-refractivity contribution in [3.05, 3.63) is 16.1 Å². The zero-order valence-electron chi connectivity index (χ0n) is 15.7. The Morgan fingerprint density at radius 3 is 2.83 bits per heavy atom. The minimum absolute atomic E-state index is 0.168. The van der Waals surface area contributed by atoms with Gasteiger partial charge < -0.3 is 15.4 Å². The van der Waals surface area contributed by atoms with Gasteiger partial charge in [0.1, 0.15) is 0 Å². The normalized spacial score (nSPS) is 22.5. The Labute approximate surface area is 150 Å². The number of nitrogens with zero attached hydrogens (tertiary/aromatic N) is 2. The molecule has 1 aliphatic heterocycles. The first kappa shape index (κ1) is 19.2. The summed E-state index contributed by atoms with van der Waals surface area (Å²) >= 11 is 1.72. The lowest BCUT2D eigenvalue weighted by molar-refractivity contribution is -0.0835. The Morgan fingerprint density at radius 1 is 1.42 bits per heavy atom. The number of aromatic nitrogens is 1. The zero-order chi connectivity index (χ0) is 17.6. The maximum atomic E-state index is 6.06. The summed E-state index contributed by atoms with van der Waals surface area (Å²) in [5.41, 5.74) is 1.24. The third-order valence-electron chi connectivity index (χ3n) is 4.39. The molecule has 2 unspecified atom stereocenters. The lowest BCUT2D eigenvalue weighted by Gasteiger charge is -2.40. The van der Waals surface area contributed by atoms with Gasteiger partial charge >= 0.3 is 0 Å². The summed E-state index contributed by atoms with van der Waals surface area (Å²) < 4.78 is 6.06. The predicted molar refractivity (Wildman–Crippen MR) is 102 cm³/mol. The fourth-order valence-corrected chi connectivity index (χ4v) is 3.97. The first-order valence-electron chi connectivity index (χ1n) is 8.93. The van der Waals surface area contributed by atoms with Crippen LogP contribution in [0.3, 0.4) is 0 Å². The summed E-state index contributed by atoms with van der Waals surface area (Å²) in [4.78, 5) is 8.91. The van der Waals surface area contributed by atoms with Crippen molar-refractivity contribution in [2.24, 2.45) is 16.3 Å². The Bertz CT molecular complexity index is 535.